The first-order valence-corrected chi connectivity index (χ1v) is 9.00. The average Bonchev–Trinajstić information content (AvgIpc) is 2.70. The van der Waals surface area contributed by atoms with Gasteiger partial charge in [-0.2, -0.15) is 0 Å². The fourth-order valence-electron chi connectivity index (χ4n) is 3.07. The van der Waals surface area contributed by atoms with E-state index < -0.39 is 5.82 Å². The molecule has 1 heterocycles. The molecule has 8 nitrogen and oxygen atoms in total. The molecule has 2 amide bonds. The summed E-state index contributed by atoms with van der Waals surface area (Å²) in [5.41, 5.74) is 0.583. The summed E-state index contributed by atoms with van der Waals surface area (Å²) in [6.45, 7) is 0. The smallest absolute Gasteiger partial charge is 0.319 e. The Kier molecular flexibility index (Phi) is 6.46. The van der Waals surface area contributed by atoms with Gasteiger partial charge in [-0.05, 0) is 25.7 Å². The number of amides is 2. The van der Waals surface area contributed by atoms with Crippen LogP contribution in [0, 0.1) is 5.82 Å². The second-order valence-electron chi connectivity index (χ2n) is 6.48. The second kappa shape index (κ2) is 9.20. The molecule has 0 radical (unpaired) electrons. The first-order valence-electron chi connectivity index (χ1n) is 9.00. The largest absolute Gasteiger partial charge is 0.497 e. The van der Waals surface area contributed by atoms with Gasteiger partial charge in [0.15, 0.2) is 5.82 Å². The van der Waals surface area contributed by atoms with E-state index in [0.717, 1.165) is 38.1 Å². The number of carbonyl (C=O) groups is 1. The fraction of sp³-hybridized carbons (Fsp3) is 0.421. The summed E-state index contributed by atoms with van der Waals surface area (Å²) >= 11 is 0. The quantitative estimate of drug-likeness (QED) is 0.787. The molecule has 2 N–H and O–H groups in total. The number of carbonyl (C=O) groups excluding carboxylic acids is 1. The number of nitrogens with zero attached hydrogens (tertiary/aromatic N) is 2. The number of hydrogen-bond donors (Lipinski definition) is 2. The number of benzene rings is 1. The Bertz CT molecular complexity index is 773. The van der Waals surface area contributed by atoms with Crippen molar-refractivity contribution in [2.24, 2.45) is 0 Å². The van der Waals surface area contributed by atoms with Crippen molar-refractivity contribution in [2.75, 3.05) is 19.5 Å². The van der Waals surface area contributed by atoms with Crippen molar-refractivity contribution in [1.82, 2.24) is 15.3 Å². The summed E-state index contributed by atoms with van der Waals surface area (Å²) in [4.78, 5) is 19.9. The predicted octanol–water partition coefficient (Wildman–Crippen LogP) is 3.14. The Morgan fingerprint density at radius 3 is 2.21 bits per heavy atom. The van der Waals surface area contributed by atoms with Gasteiger partial charge in [0, 0.05) is 29.9 Å². The van der Waals surface area contributed by atoms with Gasteiger partial charge in [-0.15, -0.1) is 0 Å². The lowest BCUT2D eigenvalue weighted by atomic mass is 9.93. The molecule has 1 aromatic heterocycles. The maximum atomic E-state index is 12.8. The van der Waals surface area contributed by atoms with Crippen molar-refractivity contribution in [1.29, 1.82) is 0 Å². The van der Waals surface area contributed by atoms with E-state index in [4.69, 9.17) is 14.2 Å². The number of ether oxygens (including phenoxy) is 3. The number of methoxy groups -OCH3 is 2. The molecule has 28 heavy (non-hydrogen) atoms. The molecule has 0 aliphatic heterocycles. The van der Waals surface area contributed by atoms with Crippen LogP contribution in [0.4, 0.5) is 14.9 Å². The maximum Gasteiger partial charge on any atom is 0.319 e. The van der Waals surface area contributed by atoms with Gasteiger partial charge in [0.1, 0.15) is 17.6 Å². The van der Waals surface area contributed by atoms with Gasteiger partial charge in [0.25, 0.3) is 0 Å². The highest BCUT2D eigenvalue weighted by molar-refractivity contribution is 5.90. The lowest BCUT2D eigenvalue weighted by molar-refractivity contribution is 0.129. The van der Waals surface area contributed by atoms with Crippen LogP contribution in [0.1, 0.15) is 25.7 Å². The van der Waals surface area contributed by atoms with E-state index in [1.54, 1.807) is 32.4 Å². The first kappa shape index (κ1) is 19.7. The number of anilines is 1. The lowest BCUT2D eigenvalue weighted by Crippen LogP contribution is -2.41. The fourth-order valence-corrected chi connectivity index (χ4v) is 3.07. The normalized spacial score (nSPS) is 18.8. The molecular weight excluding hydrogens is 367 g/mol. The van der Waals surface area contributed by atoms with E-state index in [9.17, 15) is 9.18 Å². The minimum Gasteiger partial charge on any atom is -0.497 e. The van der Waals surface area contributed by atoms with Crippen molar-refractivity contribution < 1.29 is 23.4 Å². The van der Waals surface area contributed by atoms with Crippen LogP contribution in [-0.2, 0) is 0 Å². The van der Waals surface area contributed by atoms with Gasteiger partial charge in [-0.25, -0.2) is 19.2 Å². The summed E-state index contributed by atoms with van der Waals surface area (Å²) in [5, 5.41) is 5.76. The van der Waals surface area contributed by atoms with E-state index in [-0.39, 0.29) is 24.2 Å². The number of urea groups is 1. The lowest BCUT2D eigenvalue weighted by Gasteiger charge is -2.28. The van der Waals surface area contributed by atoms with Gasteiger partial charge >= 0.3 is 12.0 Å². The van der Waals surface area contributed by atoms with Crippen molar-refractivity contribution in [2.45, 2.75) is 37.8 Å². The Morgan fingerprint density at radius 2 is 1.64 bits per heavy atom. The molecule has 150 valence electrons. The van der Waals surface area contributed by atoms with Crippen LogP contribution < -0.4 is 24.8 Å². The van der Waals surface area contributed by atoms with Crippen LogP contribution in [0.25, 0.3) is 0 Å². The zero-order chi connectivity index (χ0) is 19.9. The predicted molar refractivity (Wildman–Crippen MR) is 100 cm³/mol. The van der Waals surface area contributed by atoms with E-state index in [2.05, 4.69) is 20.6 Å². The zero-order valence-electron chi connectivity index (χ0n) is 15.8. The maximum absolute atomic E-state index is 12.8. The van der Waals surface area contributed by atoms with Gasteiger partial charge < -0.3 is 24.8 Å². The van der Waals surface area contributed by atoms with Crippen LogP contribution in [0.2, 0.25) is 0 Å². The molecule has 1 aromatic carbocycles. The van der Waals surface area contributed by atoms with Gasteiger partial charge in [-0.3, -0.25) is 0 Å². The number of nitrogens with one attached hydrogen (secondary N) is 2. The average molecular weight is 390 g/mol. The zero-order valence-corrected chi connectivity index (χ0v) is 15.8. The van der Waals surface area contributed by atoms with Crippen LogP contribution in [0.3, 0.4) is 0 Å². The summed E-state index contributed by atoms with van der Waals surface area (Å²) in [6, 6.07) is 5.09. The third-order valence-electron chi connectivity index (χ3n) is 4.49. The Labute approximate surface area is 162 Å². The molecule has 0 bridgehead atoms. The number of aromatic nitrogens is 2. The minimum absolute atomic E-state index is 0.0430. The van der Waals surface area contributed by atoms with Crippen molar-refractivity contribution in [3.05, 3.63) is 36.4 Å². The number of rotatable bonds is 6. The Morgan fingerprint density at radius 1 is 1.04 bits per heavy atom. The molecule has 1 aliphatic carbocycles. The van der Waals surface area contributed by atoms with Crippen LogP contribution in [0.15, 0.2) is 30.6 Å². The monoisotopic (exact) mass is 390 g/mol. The number of hydrogen-bond acceptors (Lipinski definition) is 6. The molecule has 2 aromatic rings. The SMILES string of the molecule is COc1cc(NC(=O)NC2CCC(Oc3ncc(F)cn3)CC2)cc(OC)c1. The molecule has 3 rings (SSSR count). The van der Waals surface area contributed by atoms with Gasteiger partial charge in [0.2, 0.25) is 0 Å². The molecule has 0 atom stereocenters. The van der Waals surface area contributed by atoms with Crippen molar-refractivity contribution in [3.63, 3.8) is 0 Å². The second-order valence-corrected chi connectivity index (χ2v) is 6.48. The molecule has 0 unspecified atom stereocenters. The number of halogens is 1. The van der Waals surface area contributed by atoms with Gasteiger partial charge in [-0.1, -0.05) is 0 Å². The topological polar surface area (TPSA) is 94.6 Å². The molecule has 0 saturated heterocycles. The molecule has 9 heteroatoms. The van der Waals surface area contributed by atoms with Gasteiger partial charge in [0.05, 0.1) is 26.6 Å². The molecule has 1 saturated carbocycles. The van der Waals surface area contributed by atoms with E-state index in [0.29, 0.717) is 17.2 Å². The molecule has 1 aliphatic rings. The minimum atomic E-state index is -0.500. The summed E-state index contributed by atoms with van der Waals surface area (Å²) in [7, 11) is 3.10. The standard InChI is InChI=1S/C19H23FN4O4/c1-26-16-7-14(8-17(9-16)27-2)24-18(25)23-13-3-5-15(6-4-13)28-19-21-10-12(20)11-22-19/h7-11,13,15H,3-6H2,1-2H3,(H2,23,24,25). The summed E-state index contributed by atoms with van der Waals surface area (Å²) < 4.78 is 28.9. The van der Waals surface area contributed by atoms with Crippen LogP contribution in [-0.4, -0.2) is 42.4 Å². The summed E-state index contributed by atoms with van der Waals surface area (Å²) in [6.07, 6.45) is 5.13. The highest BCUT2D eigenvalue weighted by Crippen LogP contribution is 2.26. The highest BCUT2D eigenvalue weighted by Gasteiger charge is 2.24. The molecule has 1 fully saturated rings. The highest BCUT2D eigenvalue weighted by atomic mass is 19.1. The van der Waals surface area contributed by atoms with Crippen LogP contribution >= 0.6 is 0 Å². The molecular formula is C19H23FN4O4. The Hall–Kier alpha value is -3.10. The van der Waals surface area contributed by atoms with E-state index >= 15 is 0 Å². The first-order chi connectivity index (χ1) is 13.6. The van der Waals surface area contributed by atoms with E-state index in [1.807, 2.05) is 0 Å². The van der Waals surface area contributed by atoms with E-state index in [1.165, 1.54) is 0 Å². The van der Waals surface area contributed by atoms with Crippen LogP contribution in [0.5, 0.6) is 17.5 Å². The molecule has 0 spiro atoms. The third kappa shape index (κ3) is 5.45. The van der Waals surface area contributed by atoms with Crippen molar-refractivity contribution >= 4 is 11.7 Å². The summed E-state index contributed by atoms with van der Waals surface area (Å²) in [5.74, 6) is 0.686. The Balaban J connectivity index is 1.46. The van der Waals surface area contributed by atoms with Crippen molar-refractivity contribution in [3.8, 4) is 17.5 Å². The third-order valence-corrected chi connectivity index (χ3v) is 4.49.